The number of benzene rings is 1. The molecule has 1 aromatic carbocycles. The fraction of sp³-hybridized carbons (Fsp3) is 0.0833. The smallest absolute Gasteiger partial charge is 0.276 e. The monoisotopic (exact) mass is 280 g/mol. The minimum atomic E-state index is -0.815. The molecule has 1 heterocycles. The van der Waals surface area contributed by atoms with Gasteiger partial charge < -0.3 is 10.6 Å². The first-order valence-corrected chi connectivity index (χ1v) is 5.56. The molecule has 8 heteroatoms. The van der Waals surface area contributed by atoms with Crippen molar-refractivity contribution in [3.63, 3.8) is 0 Å². The Bertz CT molecular complexity index is 644. The summed E-state index contributed by atoms with van der Waals surface area (Å²) in [6.45, 7) is 0. The molecule has 1 aromatic heterocycles. The van der Waals surface area contributed by atoms with Gasteiger partial charge in [-0.15, -0.1) is 0 Å². The van der Waals surface area contributed by atoms with E-state index in [1.54, 1.807) is 0 Å². The molecule has 0 atom stereocenters. The van der Waals surface area contributed by atoms with Crippen LogP contribution in [0.25, 0.3) is 0 Å². The van der Waals surface area contributed by atoms with Gasteiger partial charge in [0.05, 0.1) is 17.1 Å². The second kappa shape index (κ2) is 5.47. The van der Waals surface area contributed by atoms with Gasteiger partial charge >= 0.3 is 0 Å². The van der Waals surface area contributed by atoms with Crippen LogP contribution in [-0.4, -0.2) is 17.0 Å². The number of hydrogen-bond acceptors (Lipinski definition) is 5. The average Bonchev–Trinajstić information content (AvgIpc) is 2.42. The maximum absolute atomic E-state index is 13.5. The van der Waals surface area contributed by atoms with Crippen molar-refractivity contribution in [2.45, 2.75) is 0 Å². The third-order valence-electron chi connectivity index (χ3n) is 2.49. The quantitative estimate of drug-likeness (QED) is 0.664. The molecule has 2 rings (SSSR count). The molecule has 20 heavy (non-hydrogen) atoms. The first-order chi connectivity index (χ1) is 9.51. The van der Waals surface area contributed by atoms with Crippen molar-refractivity contribution in [1.82, 2.24) is 4.98 Å². The highest BCUT2D eigenvalue weighted by Gasteiger charge is 2.14. The topological polar surface area (TPSA) is 80.1 Å². The highest BCUT2D eigenvalue weighted by Crippen LogP contribution is 2.26. The van der Waals surface area contributed by atoms with Crippen molar-refractivity contribution in [3.05, 3.63) is 52.1 Å². The second-order valence-electron chi connectivity index (χ2n) is 3.82. The van der Waals surface area contributed by atoms with E-state index in [9.17, 15) is 18.9 Å². The van der Waals surface area contributed by atoms with Crippen molar-refractivity contribution in [2.75, 3.05) is 17.7 Å². The largest absolute Gasteiger partial charge is 0.373 e. The number of aromatic nitrogens is 1. The summed E-state index contributed by atoms with van der Waals surface area (Å²) >= 11 is 0. The first kappa shape index (κ1) is 13.7. The van der Waals surface area contributed by atoms with Crippen molar-refractivity contribution < 1.29 is 13.7 Å². The van der Waals surface area contributed by atoms with Gasteiger partial charge in [0.25, 0.3) is 5.69 Å². The zero-order chi connectivity index (χ0) is 14.7. The summed E-state index contributed by atoms with van der Waals surface area (Å²) in [5, 5.41) is 15.8. The molecule has 0 spiro atoms. The van der Waals surface area contributed by atoms with Crippen LogP contribution in [0.4, 0.5) is 31.8 Å². The second-order valence-corrected chi connectivity index (χ2v) is 3.82. The summed E-state index contributed by atoms with van der Waals surface area (Å²) in [5.41, 5.74) is -0.661. The fourth-order valence-electron chi connectivity index (χ4n) is 1.56. The molecule has 0 bridgehead atoms. The predicted octanol–water partition coefficient (Wildman–Crippen LogP) is 3.05. The number of halogens is 2. The lowest BCUT2D eigenvalue weighted by molar-refractivity contribution is -0.384. The maximum atomic E-state index is 13.5. The molecular weight excluding hydrogens is 270 g/mol. The zero-order valence-electron chi connectivity index (χ0n) is 10.4. The Hall–Kier alpha value is -2.77. The maximum Gasteiger partial charge on any atom is 0.276 e. The predicted molar refractivity (Wildman–Crippen MR) is 70.1 cm³/mol. The zero-order valence-corrected chi connectivity index (χ0v) is 10.4. The van der Waals surface area contributed by atoms with E-state index in [2.05, 4.69) is 15.6 Å². The van der Waals surface area contributed by atoms with Crippen molar-refractivity contribution in [2.24, 2.45) is 0 Å². The van der Waals surface area contributed by atoms with Gasteiger partial charge in [-0.1, -0.05) is 6.07 Å². The molecule has 0 unspecified atom stereocenters. The van der Waals surface area contributed by atoms with Crippen LogP contribution in [0.1, 0.15) is 0 Å². The van der Waals surface area contributed by atoms with Gasteiger partial charge in [0.15, 0.2) is 0 Å². The summed E-state index contributed by atoms with van der Waals surface area (Å²) in [7, 11) is 1.53. The van der Waals surface area contributed by atoms with Crippen LogP contribution < -0.4 is 10.6 Å². The van der Waals surface area contributed by atoms with Crippen molar-refractivity contribution in [3.8, 4) is 0 Å². The van der Waals surface area contributed by atoms with E-state index in [0.717, 1.165) is 18.2 Å². The van der Waals surface area contributed by atoms with E-state index in [1.165, 1.54) is 19.2 Å². The molecule has 0 aliphatic carbocycles. The van der Waals surface area contributed by atoms with Crippen LogP contribution in [0.2, 0.25) is 0 Å². The molecule has 0 saturated heterocycles. The highest BCUT2D eigenvalue weighted by atomic mass is 19.1. The van der Waals surface area contributed by atoms with E-state index in [-0.39, 0.29) is 17.3 Å². The van der Waals surface area contributed by atoms with Crippen molar-refractivity contribution in [1.29, 1.82) is 0 Å². The van der Waals surface area contributed by atoms with Gasteiger partial charge in [0.2, 0.25) is 0 Å². The molecule has 0 radical (unpaired) electrons. The number of nitrogens with zero attached hydrogens (tertiary/aromatic N) is 2. The molecular formula is C12H10F2N4O2. The number of para-hydroxylation sites is 1. The number of nitrogens with one attached hydrogen (secondary N) is 2. The van der Waals surface area contributed by atoms with Crippen LogP contribution in [0, 0.1) is 21.7 Å². The third kappa shape index (κ3) is 2.79. The Kier molecular flexibility index (Phi) is 3.74. The third-order valence-corrected chi connectivity index (χ3v) is 2.49. The van der Waals surface area contributed by atoms with E-state index in [4.69, 9.17) is 0 Å². The molecule has 6 nitrogen and oxygen atoms in total. The normalized spacial score (nSPS) is 10.2. The summed E-state index contributed by atoms with van der Waals surface area (Å²) in [6.07, 6.45) is 0. The Balaban J connectivity index is 2.43. The number of pyridine rings is 1. The van der Waals surface area contributed by atoms with Gasteiger partial charge in [-0.25, -0.2) is 13.8 Å². The molecule has 104 valence electrons. The van der Waals surface area contributed by atoms with Crippen LogP contribution in [-0.2, 0) is 0 Å². The Morgan fingerprint density at radius 1 is 1.20 bits per heavy atom. The number of anilines is 3. The summed E-state index contributed by atoms with van der Waals surface area (Å²) in [6, 6.07) is 5.66. The lowest BCUT2D eigenvalue weighted by atomic mass is 10.3. The minimum absolute atomic E-state index is 0.0347. The highest BCUT2D eigenvalue weighted by molar-refractivity contribution is 5.62. The van der Waals surface area contributed by atoms with Crippen LogP contribution in [0.5, 0.6) is 0 Å². The average molecular weight is 280 g/mol. The molecule has 0 aliphatic rings. The Morgan fingerprint density at radius 2 is 1.80 bits per heavy atom. The van der Waals surface area contributed by atoms with E-state index in [0.29, 0.717) is 0 Å². The van der Waals surface area contributed by atoms with Gasteiger partial charge in [0, 0.05) is 7.05 Å². The van der Waals surface area contributed by atoms with E-state index < -0.39 is 22.2 Å². The fourth-order valence-corrected chi connectivity index (χ4v) is 1.56. The number of rotatable bonds is 4. The van der Waals surface area contributed by atoms with Crippen LogP contribution in [0.3, 0.4) is 0 Å². The minimum Gasteiger partial charge on any atom is -0.373 e. The molecule has 2 aromatic rings. The Morgan fingerprint density at radius 3 is 2.35 bits per heavy atom. The van der Waals surface area contributed by atoms with Gasteiger partial charge in [-0.2, -0.15) is 0 Å². The summed E-state index contributed by atoms with van der Waals surface area (Å²) < 4.78 is 27.0. The van der Waals surface area contributed by atoms with E-state index in [1.807, 2.05) is 0 Å². The SMILES string of the molecule is CNc1cc([N+](=O)[O-])cc(Nc2c(F)cccc2F)n1. The lowest BCUT2D eigenvalue weighted by Crippen LogP contribution is -2.03. The molecule has 0 saturated carbocycles. The summed E-state index contributed by atoms with van der Waals surface area (Å²) in [4.78, 5) is 14.1. The van der Waals surface area contributed by atoms with E-state index >= 15 is 0 Å². The number of nitro groups is 1. The Labute approximate surface area is 112 Å². The number of hydrogen-bond donors (Lipinski definition) is 2. The van der Waals surface area contributed by atoms with Gasteiger partial charge in [0.1, 0.15) is 29.0 Å². The lowest BCUT2D eigenvalue weighted by Gasteiger charge is -2.09. The molecule has 0 fully saturated rings. The first-order valence-electron chi connectivity index (χ1n) is 5.56. The standard InChI is InChI=1S/C12H10F2N4O2/c1-15-10-5-7(18(19)20)6-11(16-10)17-12-8(13)3-2-4-9(12)14/h2-6H,1H3,(H2,15,16,17). The van der Waals surface area contributed by atoms with Gasteiger partial charge in [-0.3, -0.25) is 10.1 Å². The van der Waals surface area contributed by atoms with Crippen LogP contribution >= 0.6 is 0 Å². The van der Waals surface area contributed by atoms with Crippen LogP contribution in [0.15, 0.2) is 30.3 Å². The van der Waals surface area contributed by atoms with Crippen molar-refractivity contribution >= 4 is 23.0 Å². The summed E-state index contributed by atoms with van der Waals surface area (Å²) in [5.74, 6) is -1.46. The molecule has 2 N–H and O–H groups in total. The molecule has 0 amide bonds. The molecule has 0 aliphatic heterocycles. The van der Waals surface area contributed by atoms with Gasteiger partial charge in [-0.05, 0) is 12.1 Å².